The number of carbonyl (C=O) groups excluding carboxylic acids is 1. The zero-order chi connectivity index (χ0) is 20.1. The maximum Gasteiger partial charge on any atom is 0.227 e. The van der Waals surface area contributed by atoms with Crippen molar-refractivity contribution in [1.29, 1.82) is 0 Å². The number of amides is 1. The molecule has 0 unspecified atom stereocenters. The molecule has 0 radical (unpaired) electrons. The lowest BCUT2D eigenvalue weighted by atomic mass is 9.98. The predicted octanol–water partition coefficient (Wildman–Crippen LogP) is 3.32. The highest BCUT2D eigenvalue weighted by molar-refractivity contribution is 5.88. The fourth-order valence-corrected chi connectivity index (χ4v) is 3.52. The van der Waals surface area contributed by atoms with E-state index in [1.165, 1.54) is 0 Å². The van der Waals surface area contributed by atoms with Crippen LogP contribution in [0.25, 0.3) is 11.3 Å². The number of aryl methyl sites for hydroxylation is 2. The summed E-state index contributed by atoms with van der Waals surface area (Å²) >= 11 is 0. The summed E-state index contributed by atoms with van der Waals surface area (Å²) in [6.07, 6.45) is 5.42. The minimum atomic E-state index is -0.0767. The number of hydrogen-bond acceptors (Lipinski definition) is 6. The zero-order valence-electron chi connectivity index (χ0n) is 17.0. The molecule has 3 aromatic rings. The van der Waals surface area contributed by atoms with Gasteiger partial charge in [0.2, 0.25) is 11.9 Å². The minimum Gasteiger partial charge on any atom is -0.441 e. The second-order valence-electron chi connectivity index (χ2n) is 7.33. The van der Waals surface area contributed by atoms with E-state index in [1.54, 1.807) is 10.9 Å². The number of oxazole rings is 1. The third-order valence-corrected chi connectivity index (χ3v) is 5.14. The average Bonchev–Trinajstić information content (AvgIpc) is 3.36. The number of anilines is 1. The number of aromatic nitrogens is 4. The molecule has 1 saturated heterocycles. The van der Waals surface area contributed by atoms with Crippen molar-refractivity contribution >= 4 is 24.3 Å². The molecule has 3 heterocycles. The van der Waals surface area contributed by atoms with Gasteiger partial charge in [0.1, 0.15) is 0 Å². The number of nitrogens with zero attached hydrogens (tertiary/aromatic N) is 4. The van der Waals surface area contributed by atoms with Gasteiger partial charge in [-0.25, -0.2) is 9.67 Å². The van der Waals surface area contributed by atoms with Crippen LogP contribution in [0.15, 0.2) is 40.9 Å². The van der Waals surface area contributed by atoms with Crippen LogP contribution in [-0.2, 0) is 18.3 Å². The molecular formula is C21H27ClN6O2. The Morgan fingerprint density at radius 1 is 1.27 bits per heavy atom. The molecule has 1 fully saturated rings. The van der Waals surface area contributed by atoms with Crippen LogP contribution in [0.2, 0.25) is 0 Å². The van der Waals surface area contributed by atoms with Crippen molar-refractivity contribution < 1.29 is 9.21 Å². The van der Waals surface area contributed by atoms with Crippen molar-refractivity contribution in [3.8, 4) is 11.3 Å². The van der Waals surface area contributed by atoms with Crippen LogP contribution in [0.4, 0.5) is 5.95 Å². The molecule has 8 nitrogen and oxygen atoms in total. The Balaban J connectivity index is 0.00000256. The Morgan fingerprint density at radius 2 is 2.03 bits per heavy atom. The summed E-state index contributed by atoms with van der Waals surface area (Å²) in [7, 11) is 1.81. The molecule has 0 spiro atoms. The van der Waals surface area contributed by atoms with Gasteiger partial charge in [0.15, 0.2) is 17.5 Å². The largest absolute Gasteiger partial charge is 0.441 e. The van der Waals surface area contributed by atoms with Crippen molar-refractivity contribution in [2.24, 2.45) is 7.05 Å². The van der Waals surface area contributed by atoms with Crippen molar-refractivity contribution in [2.45, 2.75) is 38.0 Å². The van der Waals surface area contributed by atoms with Gasteiger partial charge in [0, 0.05) is 31.4 Å². The molecule has 0 bridgehead atoms. The lowest BCUT2D eigenvalue weighted by molar-refractivity contribution is -0.116. The van der Waals surface area contributed by atoms with Gasteiger partial charge in [-0.05, 0) is 32.4 Å². The second-order valence-corrected chi connectivity index (χ2v) is 7.33. The normalized spacial score (nSPS) is 14.3. The lowest BCUT2D eigenvalue weighted by Crippen LogP contribution is -2.27. The van der Waals surface area contributed by atoms with Crippen LogP contribution in [0.3, 0.4) is 0 Å². The molecule has 1 aliphatic heterocycles. The first-order valence-electron chi connectivity index (χ1n) is 10.1. The van der Waals surface area contributed by atoms with Gasteiger partial charge >= 0.3 is 0 Å². The first-order chi connectivity index (χ1) is 14.2. The highest BCUT2D eigenvalue weighted by atomic mass is 35.5. The smallest absolute Gasteiger partial charge is 0.227 e. The third kappa shape index (κ3) is 5.46. The van der Waals surface area contributed by atoms with Gasteiger partial charge in [-0.3, -0.25) is 10.1 Å². The molecule has 160 valence electrons. The fraction of sp³-hybridized carbons (Fsp3) is 0.429. The van der Waals surface area contributed by atoms with Gasteiger partial charge in [-0.2, -0.15) is 10.1 Å². The van der Waals surface area contributed by atoms with Crippen molar-refractivity contribution in [3.05, 3.63) is 48.2 Å². The Hall–Kier alpha value is -2.71. The molecule has 0 atom stereocenters. The summed E-state index contributed by atoms with van der Waals surface area (Å²) in [4.78, 5) is 21.2. The van der Waals surface area contributed by atoms with Crippen LogP contribution in [0.5, 0.6) is 0 Å². The van der Waals surface area contributed by atoms with E-state index in [2.05, 4.69) is 25.7 Å². The Bertz CT molecular complexity index is 950. The zero-order valence-corrected chi connectivity index (χ0v) is 17.8. The Kier molecular flexibility index (Phi) is 7.59. The van der Waals surface area contributed by atoms with E-state index in [0.29, 0.717) is 37.0 Å². The quantitative estimate of drug-likeness (QED) is 0.596. The molecular weight excluding hydrogens is 404 g/mol. The molecule has 1 amide bonds. The first-order valence-corrected chi connectivity index (χ1v) is 10.1. The standard InChI is InChI=1S/C21H26N6O2.ClH/c1-27-21(25-20(26-27)16-10-12-22-13-11-16)24-18(28)8-5-9-19-23-14-17(29-19)15-6-3-2-4-7-15;/h2-4,6-7,14,16,22H,5,8-13H2,1H3,(H,24,25,26,28);1H. The van der Waals surface area contributed by atoms with E-state index in [0.717, 1.165) is 43.1 Å². The summed E-state index contributed by atoms with van der Waals surface area (Å²) in [5.74, 6) is 2.99. The van der Waals surface area contributed by atoms with E-state index in [-0.39, 0.29) is 18.3 Å². The Labute approximate surface area is 181 Å². The van der Waals surface area contributed by atoms with Crippen molar-refractivity contribution in [3.63, 3.8) is 0 Å². The summed E-state index contributed by atoms with van der Waals surface area (Å²) in [6.45, 7) is 1.97. The number of carbonyl (C=O) groups is 1. The SMILES string of the molecule is Cl.Cn1nc(C2CCNCC2)nc1NC(=O)CCCc1ncc(-c2ccccc2)o1. The van der Waals surface area contributed by atoms with E-state index < -0.39 is 0 Å². The number of hydrogen-bond donors (Lipinski definition) is 2. The maximum absolute atomic E-state index is 12.3. The van der Waals surface area contributed by atoms with Crippen LogP contribution in [-0.4, -0.2) is 38.7 Å². The summed E-state index contributed by atoms with van der Waals surface area (Å²) in [6, 6.07) is 9.86. The van der Waals surface area contributed by atoms with E-state index in [9.17, 15) is 4.79 Å². The number of benzene rings is 1. The van der Waals surface area contributed by atoms with Gasteiger partial charge in [-0.15, -0.1) is 12.4 Å². The number of nitrogens with one attached hydrogen (secondary N) is 2. The fourth-order valence-electron chi connectivity index (χ4n) is 3.52. The van der Waals surface area contributed by atoms with Crippen LogP contribution < -0.4 is 10.6 Å². The highest BCUT2D eigenvalue weighted by Crippen LogP contribution is 2.23. The molecule has 30 heavy (non-hydrogen) atoms. The summed E-state index contributed by atoms with van der Waals surface area (Å²) in [5.41, 5.74) is 0.996. The topological polar surface area (TPSA) is 97.9 Å². The monoisotopic (exact) mass is 430 g/mol. The molecule has 1 aliphatic rings. The van der Waals surface area contributed by atoms with Crippen molar-refractivity contribution in [2.75, 3.05) is 18.4 Å². The predicted molar refractivity (Wildman–Crippen MR) is 117 cm³/mol. The van der Waals surface area contributed by atoms with Gasteiger partial charge in [0.05, 0.1) is 6.20 Å². The molecule has 0 saturated carbocycles. The molecule has 1 aromatic carbocycles. The van der Waals surface area contributed by atoms with E-state index in [4.69, 9.17) is 4.42 Å². The van der Waals surface area contributed by atoms with Gasteiger partial charge in [0.25, 0.3) is 0 Å². The van der Waals surface area contributed by atoms with Gasteiger partial charge < -0.3 is 9.73 Å². The van der Waals surface area contributed by atoms with Crippen LogP contribution in [0, 0.1) is 0 Å². The maximum atomic E-state index is 12.3. The first kappa shape index (κ1) is 22.0. The number of piperidine rings is 1. The molecule has 0 aliphatic carbocycles. The van der Waals surface area contributed by atoms with E-state index >= 15 is 0 Å². The minimum absolute atomic E-state index is 0. The van der Waals surface area contributed by atoms with Crippen molar-refractivity contribution in [1.82, 2.24) is 25.1 Å². The summed E-state index contributed by atoms with van der Waals surface area (Å²) in [5, 5.41) is 10.7. The number of rotatable bonds is 7. The second kappa shape index (κ2) is 10.4. The molecule has 2 aromatic heterocycles. The molecule has 2 N–H and O–H groups in total. The number of halogens is 1. The summed E-state index contributed by atoms with van der Waals surface area (Å²) < 4.78 is 7.43. The molecule has 9 heteroatoms. The van der Waals surface area contributed by atoms with Crippen LogP contribution >= 0.6 is 12.4 Å². The van der Waals surface area contributed by atoms with Gasteiger partial charge in [-0.1, -0.05) is 30.3 Å². The molecule has 4 rings (SSSR count). The average molecular weight is 431 g/mol. The van der Waals surface area contributed by atoms with Crippen LogP contribution in [0.1, 0.15) is 43.3 Å². The lowest BCUT2D eigenvalue weighted by Gasteiger charge is -2.19. The highest BCUT2D eigenvalue weighted by Gasteiger charge is 2.21. The Morgan fingerprint density at radius 3 is 2.80 bits per heavy atom. The van der Waals surface area contributed by atoms with E-state index in [1.807, 2.05) is 37.4 Å². The third-order valence-electron chi connectivity index (χ3n) is 5.14.